The third-order valence-corrected chi connectivity index (χ3v) is 2.86. The maximum Gasteiger partial charge on any atom is 0.181 e. The molecule has 5 heteroatoms. The molecule has 0 heterocycles. The summed E-state index contributed by atoms with van der Waals surface area (Å²) in [6.45, 7) is 1.36. The van der Waals surface area contributed by atoms with Crippen molar-refractivity contribution < 1.29 is 14.3 Å². The number of benzene rings is 1. The highest BCUT2D eigenvalue weighted by Gasteiger charge is 2.19. The van der Waals surface area contributed by atoms with Crippen LogP contribution in [0.3, 0.4) is 0 Å². The molecule has 0 aliphatic heterocycles. The second-order valence-corrected chi connectivity index (χ2v) is 3.63. The zero-order valence-corrected chi connectivity index (χ0v) is 9.06. The van der Waals surface area contributed by atoms with Gasteiger partial charge in [0, 0.05) is 4.47 Å². The number of phenolic OH excluding ortho intramolecular Hbond substituents is 1. The van der Waals surface area contributed by atoms with Crippen molar-refractivity contribution in [2.75, 3.05) is 6.54 Å². The molecule has 0 bridgehead atoms. The molecule has 76 valence electrons. The van der Waals surface area contributed by atoms with E-state index in [1.54, 1.807) is 6.92 Å². The fourth-order valence-electron chi connectivity index (χ4n) is 1.10. The molecule has 0 amide bonds. The maximum atomic E-state index is 13.1. The van der Waals surface area contributed by atoms with Crippen LogP contribution in [0.15, 0.2) is 10.5 Å². The van der Waals surface area contributed by atoms with E-state index >= 15 is 0 Å². The highest BCUT2D eigenvalue weighted by atomic mass is 79.9. The number of phenols is 1. The highest BCUT2D eigenvalue weighted by molar-refractivity contribution is 9.10. The standard InChI is InChI=1S/C9H9BrFNO2/c1-4-2-5(11)9(14)7(8(4)10)6(13)3-12/h2,14H,3,12H2,1H3. The van der Waals surface area contributed by atoms with Gasteiger partial charge in [0.05, 0.1) is 12.1 Å². The molecule has 0 radical (unpaired) electrons. The molecule has 0 saturated carbocycles. The van der Waals surface area contributed by atoms with Crippen LogP contribution in [0.1, 0.15) is 15.9 Å². The number of carbonyl (C=O) groups is 1. The van der Waals surface area contributed by atoms with Crippen LogP contribution in [-0.4, -0.2) is 17.4 Å². The number of aryl methyl sites for hydroxylation is 1. The molecule has 0 saturated heterocycles. The Labute approximate surface area is 88.9 Å². The van der Waals surface area contributed by atoms with Gasteiger partial charge >= 0.3 is 0 Å². The first kappa shape index (κ1) is 11.1. The Morgan fingerprint density at radius 1 is 1.71 bits per heavy atom. The summed E-state index contributed by atoms with van der Waals surface area (Å²) in [6.07, 6.45) is 0. The van der Waals surface area contributed by atoms with Crippen molar-refractivity contribution in [2.24, 2.45) is 5.73 Å². The van der Waals surface area contributed by atoms with E-state index in [0.717, 1.165) is 6.07 Å². The van der Waals surface area contributed by atoms with Gasteiger partial charge in [-0.25, -0.2) is 4.39 Å². The van der Waals surface area contributed by atoms with Crippen molar-refractivity contribution in [3.63, 3.8) is 0 Å². The quantitative estimate of drug-likeness (QED) is 0.798. The van der Waals surface area contributed by atoms with Crippen molar-refractivity contribution in [3.8, 4) is 5.75 Å². The Bertz CT molecular complexity index is 367. The van der Waals surface area contributed by atoms with Crippen LogP contribution in [-0.2, 0) is 0 Å². The third-order valence-electron chi connectivity index (χ3n) is 1.84. The van der Waals surface area contributed by atoms with E-state index in [1.165, 1.54) is 0 Å². The lowest BCUT2D eigenvalue weighted by Gasteiger charge is -2.08. The second-order valence-electron chi connectivity index (χ2n) is 2.84. The van der Waals surface area contributed by atoms with E-state index in [1.807, 2.05) is 0 Å². The van der Waals surface area contributed by atoms with Crippen LogP contribution in [0.25, 0.3) is 0 Å². The largest absolute Gasteiger partial charge is 0.504 e. The summed E-state index contributed by atoms with van der Waals surface area (Å²) in [6, 6.07) is 1.15. The van der Waals surface area contributed by atoms with E-state index in [-0.39, 0.29) is 12.1 Å². The second kappa shape index (κ2) is 4.06. The number of rotatable bonds is 2. The lowest BCUT2D eigenvalue weighted by atomic mass is 10.1. The Morgan fingerprint density at radius 3 is 2.79 bits per heavy atom. The Balaban J connectivity index is 3.47. The first-order valence-corrected chi connectivity index (χ1v) is 4.69. The molecular weight excluding hydrogens is 253 g/mol. The van der Waals surface area contributed by atoms with E-state index in [4.69, 9.17) is 5.73 Å². The van der Waals surface area contributed by atoms with Crippen molar-refractivity contribution in [3.05, 3.63) is 27.5 Å². The zero-order valence-electron chi connectivity index (χ0n) is 7.47. The molecule has 0 atom stereocenters. The van der Waals surface area contributed by atoms with Gasteiger partial charge in [-0.15, -0.1) is 0 Å². The van der Waals surface area contributed by atoms with E-state index < -0.39 is 17.3 Å². The van der Waals surface area contributed by atoms with Gasteiger partial charge in [0.2, 0.25) is 0 Å². The van der Waals surface area contributed by atoms with Crippen LogP contribution in [0.5, 0.6) is 5.75 Å². The molecule has 1 aromatic rings. The lowest BCUT2D eigenvalue weighted by Crippen LogP contribution is -2.15. The third kappa shape index (κ3) is 1.78. The van der Waals surface area contributed by atoms with Crippen LogP contribution in [0, 0.1) is 12.7 Å². The van der Waals surface area contributed by atoms with Crippen LogP contribution in [0.2, 0.25) is 0 Å². The number of ketones is 1. The molecule has 3 nitrogen and oxygen atoms in total. The van der Waals surface area contributed by atoms with E-state index in [2.05, 4.69) is 15.9 Å². The van der Waals surface area contributed by atoms with Gasteiger partial charge in [-0.3, -0.25) is 4.79 Å². The zero-order chi connectivity index (χ0) is 10.9. The number of hydrogen-bond acceptors (Lipinski definition) is 3. The number of halogens is 2. The maximum absolute atomic E-state index is 13.1. The molecule has 0 fully saturated rings. The fraction of sp³-hybridized carbons (Fsp3) is 0.222. The van der Waals surface area contributed by atoms with Crippen LogP contribution < -0.4 is 5.73 Å². The molecule has 0 unspecified atom stereocenters. The van der Waals surface area contributed by atoms with Crippen molar-refractivity contribution in [2.45, 2.75) is 6.92 Å². The van der Waals surface area contributed by atoms with Crippen molar-refractivity contribution >= 4 is 21.7 Å². The number of hydrogen-bond donors (Lipinski definition) is 2. The summed E-state index contributed by atoms with van der Waals surface area (Å²) in [5.74, 6) is -1.97. The number of carbonyl (C=O) groups excluding carboxylic acids is 1. The SMILES string of the molecule is Cc1cc(F)c(O)c(C(=O)CN)c1Br. The molecule has 14 heavy (non-hydrogen) atoms. The topological polar surface area (TPSA) is 63.3 Å². The molecule has 0 aliphatic carbocycles. The predicted octanol–water partition coefficient (Wildman–Crippen LogP) is 1.74. The first-order valence-electron chi connectivity index (χ1n) is 3.89. The van der Waals surface area contributed by atoms with Gasteiger partial charge in [0.25, 0.3) is 0 Å². The average molecular weight is 262 g/mol. The van der Waals surface area contributed by atoms with E-state index in [9.17, 15) is 14.3 Å². The van der Waals surface area contributed by atoms with Gasteiger partial charge in [0.1, 0.15) is 0 Å². The van der Waals surface area contributed by atoms with Crippen molar-refractivity contribution in [1.82, 2.24) is 0 Å². The Hall–Kier alpha value is -0.940. The van der Waals surface area contributed by atoms with Gasteiger partial charge in [-0.05, 0) is 34.5 Å². The molecular formula is C9H9BrFNO2. The van der Waals surface area contributed by atoms with Crippen LogP contribution in [0.4, 0.5) is 4.39 Å². The first-order chi connectivity index (χ1) is 6.49. The van der Waals surface area contributed by atoms with Crippen LogP contribution >= 0.6 is 15.9 Å². The molecule has 3 N–H and O–H groups in total. The normalized spacial score (nSPS) is 10.3. The van der Waals surface area contributed by atoms with Gasteiger partial charge in [-0.1, -0.05) is 0 Å². The Morgan fingerprint density at radius 2 is 2.29 bits per heavy atom. The van der Waals surface area contributed by atoms with Crippen molar-refractivity contribution in [1.29, 1.82) is 0 Å². The molecule has 0 aliphatic rings. The molecule has 0 aromatic heterocycles. The summed E-state index contributed by atoms with van der Waals surface area (Å²) in [4.78, 5) is 11.3. The average Bonchev–Trinajstić information content (AvgIpc) is 2.15. The summed E-state index contributed by atoms with van der Waals surface area (Å²) in [5, 5.41) is 9.32. The van der Waals surface area contributed by atoms with Gasteiger partial charge in [0.15, 0.2) is 17.3 Å². The predicted molar refractivity (Wildman–Crippen MR) is 53.9 cm³/mol. The summed E-state index contributed by atoms with van der Waals surface area (Å²) in [7, 11) is 0. The van der Waals surface area contributed by atoms with Gasteiger partial charge < -0.3 is 10.8 Å². The summed E-state index contributed by atoms with van der Waals surface area (Å²) < 4.78 is 13.4. The number of Topliss-reactive ketones (excluding diaryl/α,β-unsaturated/α-hetero) is 1. The monoisotopic (exact) mass is 261 g/mol. The number of aromatic hydroxyl groups is 1. The lowest BCUT2D eigenvalue weighted by molar-refractivity contribution is 0.0997. The summed E-state index contributed by atoms with van der Waals surface area (Å²) >= 11 is 3.10. The molecule has 1 aromatic carbocycles. The highest BCUT2D eigenvalue weighted by Crippen LogP contribution is 2.31. The smallest absolute Gasteiger partial charge is 0.181 e. The Kier molecular flexibility index (Phi) is 3.23. The molecule has 0 spiro atoms. The van der Waals surface area contributed by atoms with E-state index in [0.29, 0.717) is 10.0 Å². The number of nitrogens with two attached hydrogens (primary N) is 1. The molecule has 1 rings (SSSR count). The fourth-order valence-corrected chi connectivity index (χ4v) is 1.62. The van der Waals surface area contributed by atoms with Gasteiger partial charge in [-0.2, -0.15) is 0 Å². The minimum Gasteiger partial charge on any atom is -0.504 e. The minimum absolute atomic E-state index is 0.0926. The summed E-state index contributed by atoms with van der Waals surface area (Å²) in [5.41, 5.74) is 5.58. The minimum atomic E-state index is -0.817.